The van der Waals surface area contributed by atoms with Gasteiger partial charge in [0.05, 0.1) is 38.5 Å². The minimum atomic E-state index is -0.618. The molecule has 0 saturated carbocycles. The minimum Gasteiger partial charge on any atom is -0.504 e. The second kappa shape index (κ2) is 7.84. The van der Waals surface area contributed by atoms with Gasteiger partial charge in [0.2, 0.25) is 11.8 Å². The van der Waals surface area contributed by atoms with E-state index in [2.05, 4.69) is 16.3 Å². The molecule has 2 heterocycles. The highest BCUT2D eigenvalue weighted by Crippen LogP contribution is 2.47. The largest absolute Gasteiger partial charge is 0.504 e. The number of aromatic amines is 1. The Bertz CT molecular complexity index is 1230. The van der Waals surface area contributed by atoms with Crippen molar-refractivity contribution in [2.75, 3.05) is 21.3 Å². The zero-order valence-electron chi connectivity index (χ0n) is 17.1. The van der Waals surface area contributed by atoms with Gasteiger partial charge < -0.3 is 29.8 Å². The number of methoxy groups -OCH3 is 3. The number of allylic oxidation sites excluding steroid dienone is 1. The van der Waals surface area contributed by atoms with Crippen LogP contribution in [0.15, 0.2) is 47.9 Å². The lowest BCUT2D eigenvalue weighted by atomic mass is 9.83. The molecule has 1 unspecified atom stereocenters. The summed E-state index contributed by atoms with van der Waals surface area (Å²) in [7, 11) is 4.57. The Labute approximate surface area is 178 Å². The van der Waals surface area contributed by atoms with E-state index in [9.17, 15) is 10.4 Å². The number of aromatic hydroxyl groups is 1. The number of phenolic OH excluding ortho intramolecular Hbond substituents is 1. The molecule has 1 aliphatic rings. The maximum atomic E-state index is 10.3. The van der Waals surface area contributed by atoms with Crippen LogP contribution in [0.5, 0.6) is 28.9 Å². The lowest BCUT2D eigenvalue weighted by molar-refractivity contribution is 0.355. The molecule has 0 aliphatic carbocycles. The first-order chi connectivity index (χ1) is 15.0. The van der Waals surface area contributed by atoms with Crippen LogP contribution in [0.25, 0.3) is 11.3 Å². The quantitative estimate of drug-likeness (QED) is 0.573. The summed E-state index contributed by atoms with van der Waals surface area (Å²) in [6.07, 6.45) is 0. The van der Waals surface area contributed by atoms with Crippen molar-refractivity contribution in [1.82, 2.24) is 10.2 Å². The number of phenols is 1. The number of nitrogens with two attached hydrogens (primary N) is 1. The Kier molecular flexibility index (Phi) is 5.05. The van der Waals surface area contributed by atoms with Gasteiger partial charge in [0.1, 0.15) is 11.6 Å². The van der Waals surface area contributed by atoms with E-state index in [4.69, 9.17) is 24.7 Å². The Morgan fingerprint density at radius 1 is 1.06 bits per heavy atom. The Hall–Kier alpha value is -4.32. The number of benzene rings is 2. The third-order valence-electron chi connectivity index (χ3n) is 5.15. The Balaban J connectivity index is 1.92. The van der Waals surface area contributed by atoms with Crippen LogP contribution in [0.3, 0.4) is 0 Å². The fraction of sp³-hybridized carbons (Fsp3) is 0.182. The van der Waals surface area contributed by atoms with Crippen molar-refractivity contribution in [2.45, 2.75) is 5.92 Å². The molecule has 0 radical (unpaired) electrons. The van der Waals surface area contributed by atoms with E-state index in [-0.39, 0.29) is 23.1 Å². The monoisotopic (exact) mass is 420 g/mol. The van der Waals surface area contributed by atoms with E-state index < -0.39 is 5.92 Å². The van der Waals surface area contributed by atoms with E-state index in [1.54, 1.807) is 38.5 Å². The zero-order chi connectivity index (χ0) is 22.1. The number of ether oxygens (including phenoxy) is 4. The molecule has 1 aliphatic heterocycles. The SMILES string of the molecule is COc1ccc(C2C(C#N)=C(N)Oc3n[nH]c(-c4ccc(OC)c(OC)c4)c32)cc1O. The molecule has 0 bridgehead atoms. The van der Waals surface area contributed by atoms with E-state index in [0.717, 1.165) is 5.56 Å². The predicted octanol–water partition coefficient (Wildman–Crippen LogP) is 3.03. The first kappa shape index (κ1) is 20.0. The van der Waals surface area contributed by atoms with Crippen LogP contribution in [0.2, 0.25) is 0 Å². The summed E-state index contributed by atoms with van der Waals surface area (Å²) < 4.78 is 21.5. The van der Waals surface area contributed by atoms with Gasteiger partial charge in [0.25, 0.3) is 0 Å². The van der Waals surface area contributed by atoms with Crippen molar-refractivity contribution in [3.63, 3.8) is 0 Å². The van der Waals surface area contributed by atoms with Gasteiger partial charge in [0, 0.05) is 5.56 Å². The number of hydrogen-bond donors (Lipinski definition) is 3. The van der Waals surface area contributed by atoms with Crippen LogP contribution < -0.4 is 24.7 Å². The van der Waals surface area contributed by atoms with Crippen molar-refractivity contribution in [3.05, 3.63) is 59.0 Å². The third kappa shape index (κ3) is 3.24. The van der Waals surface area contributed by atoms with Gasteiger partial charge >= 0.3 is 0 Å². The summed E-state index contributed by atoms with van der Waals surface area (Å²) in [5.74, 6) is 0.970. The van der Waals surface area contributed by atoms with Crippen molar-refractivity contribution >= 4 is 0 Å². The smallest absolute Gasteiger partial charge is 0.244 e. The van der Waals surface area contributed by atoms with Gasteiger partial charge in [-0.1, -0.05) is 6.07 Å². The third-order valence-corrected chi connectivity index (χ3v) is 5.15. The average molecular weight is 420 g/mol. The molecular formula is C22H20N4O5. The number of hydrogen-bond acceptors (Lipinski definition) is 8. The maximum absolute atomic E-state index is 10.3. The van der Waals surface area contributed by atoms with Gasteiger partial charge in [-0.2, -0.15) is 5.26 Å². The summed E-state index contributed by atoms with van der Waals surface area (Å²) in [5, 5.41) is 27.4. The lowest BCUT2D eigenvalue weighted by Crippen LogP contribution is -2.21. The number of nitrogens with zero attached hydrogens (tertiary/aromatic N) is 2. The van der Waals surface area contributed by atoms with Crippen LogP contribution >= 0.6 is 0 Å². The normalized spacial score (nSPS) is 15.0. The van der Waals surface area contributed by atoms with Crippen LogP contribution in [0.1, 0.15) is 17.0 Å². The highest BCUT2D eigenvalue weighted by Gasteiger charge is 2.36. The molecule has 1 aromatic heterocycles. The molecule has 3 aromatic rings. The molecule has 1 atom stereocenters. The average Bonchev–Trinajstić information content (AvgIpc) is 3.20. The van der Waals surface area contributed by atoms with Crippen molar-refractivity contribution < 1.29 is 24.1 Å². The molecule has 4 N–H and O–H groups in total. The first-order valence-electron chi connectivity index (χ1n) is 9.27. The van der Waals surface area contributed by atoms with Crippen LogP contribution in [0.4, 0.5) is 0 Å². The number of aromatic nitrogens is 2. The van der Waals surface area contributed by atoms with E-state index >= 15 is 0 Å². The number of rotatable bonds is 5. The van der Waals surface area contributed by atoms with Crippen LogP contribution in [-0.4, -0.2) is 36.6 Å². The predicted molar refractivity (Wildman–Crippen MR) is 111 cm³/mol. The maximum Gasteiger partial charge on any atom is 0.244 e. The summed E-state index contributed by atoms with van der Waals surface area (Å²) in [5.41, 5.74) is 8.83. The van der Waals surface area contributed by atoms with Crippen molar-refractivity contribution in [2.24, 2.45) is 5.73 Å². The number of H-pyrrole nitrogens is 1. The lowest BCUT2D eigenvalue weighted by Gasteiger charge is -2.24. The van der Waals surface area contributed by atoms with E-state index in [0.29, 0.717) is 34.1 Å². The summed E-state index contributed by atoms with van der Waals surface area (Å²) >= 11 is 0. The number of fused-ring (bicyclic) bond motifs is 1. The highest BCUT2D eigenvalue weighted by molar-refractivity contribution is 5.73. The van der Waals surface area contributed by atoms with Gasteiger partial charge in [0.15, 0.2) is 23.0 Å². The first-order valence-corrected chi connectivity index (χ1v) is 9.27. The molecule has 158 valence electrons. The van der Waals surface area contributed by atoms with Gasteiger partial charge in [-0.15, -0.1) is 5.10 Å². The number of nitrogens with one attached hydrogen (secondary N) is 1. The molecule has 0 amide bonds. The summed E-state index contributed by atoms with van der Waals surface area (Å²) in [4.78, 5) is 0. The Morgan fingerprint density at radius 3 is 2.42 bits per heavy atom. The second-order valence-corrected chi connectivity index (χ2v) is 6.74. The van der Waals surface area contributed by atoms with E-state index in [1.807, 2.05) is 6.07 Å². The molecule has 0 saturated heterocycles. The Morgan fingerprint density at radius 2 is 1.77 bits per heavy atom. The van der Waals surface area contributed by atoms with Gasteiger partial charge in [-0.05, 0) is 35.9 Å². The van der Waals surface area contributed by atoms with Crippen LogP contribution in [0, 0.1) is 11.3 Å². The highest BCUT2D eigenvalue weighted by atomic mass is 16.5. The fourth-order valence-corrected chi connectivity index (χ4v) is 3.68. The molecule has 0 spiro atoms. The second-order valence-electron chi connectivity index (χ2n) is 6.74. The summed E-state index contributed by atoms with van der Waals surface area (Å²) in [6.45, 7) is 0. The summed E-state index contributed by atoms with van der Waals surface area (Å²) in [6, 6.07) is 12.5. The topological polar surface area (TPSA) is 136 Å². The molecule has 0 fully saturated rings. The number of nitriles is 1. The van der Waals surface area contributed by atoms with Crippen LogP contribution in [-0.2, 0) is 0 Å². The van der Waals surface area contributed by atoms with Crippen molar-refractivity contribution in [1.29, 1.82) is 5.26 Å². The minimum absolute atomic E-state index is 0.0410. The molecule has 9 heteroatoms. The van der Waals surface area contributed by atoms with E-state index in [1.165, 1.54) is 13.2 Å². The van der Waals surface area contributed by atoms with Crippen molar-refractivity contribution in [3.8, 4) is 46.2 Å². The molecular weight excluding hydrogens is 400 g/mol. The zero-order valence-corrected chi connectivity index (χ0v) is 17.1. The fourth-order valence-electron chi connectivity index (χ4n) is 3.68. The van der Waals surface area contributed by atoms with Gasteiger partial charge in [-0.25, -0.2) is 0 Å². The molecule has 2 aromatic carbocycles. The molecule has 9 nitrogen and oxygen atoms in total. The standard InChI is InChI=1S/C22H20N4O5/c1-28-15-6-4-11(8-14(15)27)18-13(10-23)21(24)31-22-19(18)20(25-26-22)12-5-7-16(29-2)17(9-12)30-3/h4-9,18,27H,24H2,1-3H3,(H,25,26). The van der Waals surface area contributed by atoms with Gasteiger partial charge in [-0.3, -0.25) is 5.10 Å². The molecule has 4 rings (SSSR count). The molecule has 31 heavy (non-hydrogen) atoms.